The molecule has 0 aliphatic carbocycles. The Hall–Kier alpha value is -4.61. The number of phenols is 1. The van der Waals surface area contributed by atoms with Gasteiger partial charge in [-0.3, -0.25) is 4.79 Å². The number of rotatable bonds is 6. The number of carbonyl (C=O) groups excluding carboxylic acids is 1. The van der Waals surface area contributed by atoms with E-state index in [0.29, 0.717) is 16.1 Å². The molecule has 1 amide bonds. The van der Waals surface area contributed by atoms with E-state index in [1.54, 1.807) is 24.3 Å². The van der Waals surface area contributed by atoms with Crippen LogP contribution < -0.4 is 5.43 Å². The van der Waals surface area contributed by atoms with E-state index < -0.39 is 0 Å². The van der Waals surface area contributed by atoms with Crippen molar-refractivity contribution < 1.29 is 9.90 Å². The molecule has 0 saturated heterocycles. The van der Waals surface area contributed by atoms with Crippen molar-refractivity contribution in [2.75, 3.05) is 0 Å². The molecule has 0 fully saturated rings. The second-order valence-corrected chi connectivity index (χ2v) is 8.56. The van der Waals surface area contributed by atoms with E-state index in [9.17, 15) is 9.90 Å². The summed E-state index contributed by atoms with van der Waals surface area (Å²) in [5.74, 6) is -0.338. The van der Waals surface area contributed by atoms with Crippen molar-refractivity contribution in [2.24, 2.45) is 5.10 Å². The zero-order valence-electron chi connectivity index (χ0n) is 19.2. The Balaban J connectivity index is 1.43. The van der Waals surface area contributed by atoms with Crippen molar-refractivity contribution in [2.45, 2.75) is 0 Å². The van der Waals surface area contributed by atoms with Crippen molar-refractivity contribution in [3.05, 3.63) is 131 Å². The Morgan fingerprint density at radius 2 is 1.36 bits per heavy atom. The third kappa shape index (κ3) is 4.92. The maximum absolute atomic E-state index is 12.6. The van der Waals surface area contributed by atoms with Crippen LogP contribution in [-0.2, 0) is 0 Å². The van der Waals surface area contributed by atoms with Crippen LogP contribution in [0.15, 0.2) is 120 Å². The number of hydrazone groups is 1. The minimum Gasteiger partial charge on any atom is -0.507 e. The number of aromatic hydroxyl groups is 1. The Bertz CT molecular complexity index is 1470. The molecule has 0 saturated carbocycles. The van der Waals surface area contributed by atoms with Crippen molar-refractivity contribution in [3.8, 4) is 34.0 Å². The summed E-state index contributed by atoms with van der Waals surface area (Å²) in [5.41, 5.74) is 8.59. The molecular formula is C30H22ClN3O2. The lowest BCUT2D eigenvalue weighted by Gasteiger charge is -2.15. The average Bonchev–Trinajstić information content (AvgIpc) is 3.37. The number of hydrogen-bond acceptors (Lipinski definition) is 3. The van der Waals surface area contributed by atoms with Crippen LogP contribution in [-0.4, -0.2) is 21.8 Å². The van der Waals surface area contributed by atoms with Crippen LogP contribution in [0.25, 0.3) is 28.2 Å². The Labute approximate surface area is 213 Å². The lowest BCUT2D eigenvalue weighted by atomic mass is 10.1. The molecule has 2 N–H and O–H groups in total. The van der Waals surface area contributed by atoms with Gasteiger partial charge in [0.25, 0.3) is 5.91 Å². The minimum atomic E-state index is -0.363. The van der Waals surface area contributed by atoms with Gasteiger partial charge in [0.05, 0.1) is 17.6 Å². The third-order valence-corrected chi connectivity index (χ3v) is 6.00. The predicted octanol–water partition coefficient (Wildman–Crippen LogP) is 6.93. The summed E-state index contributed by atoms with van der Waals surface area (Å²) in [6.07, 6.45) is 1.35. The normalized spacial score (nSPS) is 11.0. The fourth-order valence-electron chi connectivity index (χ4n) is 4.00. The number of carbonyl (C=O) groups is 1. The first-order chi connectivity index (χ1) is 17.6. The monoisotopic (exact) mass is 491 g/mol. The molecule has 4 aromatic carbocycles. The second-order valence-electron chi connectivity index (χ2n) is 8.12. The van der Waals surface area contributed by atoms with E-state index >= 15 is 0 Å². The number of nitrogens with one attached hydrogen (secondary N) is 1. The van der Waals surface area contributed by atoms with Crippen LogP contribution in [0.4, 0.5) is 0 Å². The fourth-order valence-corrected chi connectivity index (χ4v) is 4.18. The van der Waals surface area contributed by atoms with Gasteiger partial charge >= 0.3 is 0 Å². The zero-order valence-corrected chi connectivity index (χ0v) is 19.9. The fraction of sp³-hybridized carbons (Fsp3) is 0. The van der Waals surface area contributed by atoms with Crippen LogP contribution in [0.2, 0.25) is 5.02 Å². The number of phenolic OH excluding ortho intramolecular Hbond substituents is 1. The molecule has 0 radical (unpaired) electrons. The highest BCUT2D eigenvalue weighted by atomic mass is 35.5. The maximum Gasteiger partial charge on any atom is 0.271 e. The van der Waals surface area contributed by atoms with Crippen molar-refractivity contribution in [1.29, 1.82) is 0 Å². The first kappa shape index (κ1) is 23.1. The number of nitrogens with zero attached hydrogens (tertiary/aromatic N) is 2. The molecule has 1 heterocycles. The maximum atomic E-state index is 12.6. The van der Waals surface area contributed by atoms with E-state index in [2.05, 4.69) is 51.5 Å². The molecule has 5 rings (SSSR count). The van der Waals surface area contributed by atoms with E-state index in [4.69, 9.17) is 11.6 Å². The highest BCUT2D eigenvalue weighted by molar-refractivity contribution is 6.30. The van der Waals surface area contributed by atoms with Gasteiger partial charge in [-0.15, -0.1) is 0 Å². The Morgan fingerprint density at radius 3 is 1.94 bits per heavy atom. The molecule has 0 atom stereocenters. The summed E-state index contributed by atoms with van der Waals surface area (Å²) < 4.78 is 2.19. The number of amides is 1. The smallest absolute Gasteiger partial charge is 0.271 e. The standard InChI is InChI=1S/C30H22ClN3O2/c31-25-13-18-29(35)24(19-25)20-32-33-30(36)23-11-14-26(15-12-23)34-27(21-7-3-1-4-8-21)16-17-28(34)22-9-5-2-6-10-22/h1-20,35H,(H,33,36)/b32-20-. The van der Waals surface area contributed by atoms with Crippen molar-refractivity contribution in [1.82, 2.24) is 9.99 Å². The molecular weight excluding hydrogens is 470 g/mol. The van der Waals surface area contributed by atoms with Gasteiger partial charge in [-0.05, 0) is 65.7 Å². The molecule has 36 heavy (non-hydrogen) atoms. The molecule has 1 aromatic heterocycles. The predicted molar refractivity (Wildman–Crippen MR) is 145 cm³/mol. The molecule has 0 bridgehead atoms. The summed E-state index contributed by atoms with van der Waals surface area (Å²) in [7, 11) is 0. The molecule has 0 aliphatic heterocycles. The third-order valence-electron chi connectivity index (χ3n) is 5.77. The van der Waals surface area contributed by atoms with E-state index in [1.807, 2.05) is 48.5 Å². The highest BCUT2D eigenvalue weighted by Gasteiger charge is 2.14. The van der Waals surface area contributed by atoms with Crippen LogP contribution in [0.5, 0.6) is 5.75 Å². The van der Waals surface area contributed by atoms with Crippen LogP contribution in [0.1, 0.15) is 15.9 Å². The van der Waals surface area contributed by atoms with Gasteiger partial charge in [-0.25, -0.2) is 5.43 Å². The first-order valence-electron chi connectivity index (χ1n) is 11.3. The van der Waals surface area contributed by atoms with Crippen LogP contribution >= 0.6 is 11.6 Å². The zero-order chi connectivity index (χ0) is 24.9. The summed E-state index contributed by atoms with van der Waals surface area (Å²) >= 11 is 5.95. The highest BCUT2D eigenvalue weighted by Crippen LogP contribution is 2.32. The molecule has 0 spiro atoms. The molecule has 0 unspecified atom stereocenters. The lowest BCUT2D eigenvalue weighted by molar-refractivity contribution is 0.0955. The number of aromatic nitrogens is 1. The SMILES string of the molecule is O=C(N/N=C\c1cc(Cl)ccc1O)c1ccc(-n2c(-c3ccccc3)ccc2-c2ccccc2)cc1. The van der Waals surface area contributed by atoms with E-state index in [-0.39, 0.29) is 11.7 Å². The van der Waals surface area contributed by atoms with Gasteiger partial charge in [-0.2, -0.15) is 5.10 Å². The molecule has 5 nitrogen and oxygen atoms in total. The number of hydrogen-bond donors (Lipinski definition) is 2. The number of benzene rings is 4. The van der Waals surface area contributed by atoms with Crippen molar-refractivity contribution in [3.63, 3.8) is 0 Å². The van der Waals surface area contributed by atoms with Gasteiger partial charge in [0, 0.05) is 21.8 Å². The van der Waals surface area contributed by atoms with Crippen LogP contribution in [0, 0.1) is 0 Å². The van der Waals surface area contributed by atoms with Crippen molar-refractivity contribution >= 4 is 23.7 Å². The van der Waals surface area contributed by atoms with Gasteiger partial charge < -0.3 is 9.67 Å². The minimum absolute atomic E-state index is 0.0249. The van der Waals surface area contributed by atoms with Gasteiger partial charge in [-0.1, -0.05) is 72.3 Å². The molecule has 5 aromatic rings. The quantitative estimate of drug-likeness (QED) is 0.200. The van der Waals surface area contributed by atoms with Gasteiger partial charge in [0.15, 0.2) is 0 Å². The van der Waals surface area contributed by atoms with E-state index in [1.165, 1.54) is 12.3 Å². The van der Waals surface area contributed by atoms with Gasteiger partial charge in [0.1, 0.15) is 5.75 Å². The second kappa shape index (κ2) is 10.3. The van der Waals surface area contributed by atoms with Gasteiger partial charge in [0.2, 0.25) is 0 Å². The lowest BCUT2D eigenvalue weighted by Crippen LogP contribution is -2.17. The molecule has 176 valence electrons. The average molecular weight is 492 g/mol. The molecule has 6 heteroatoms. The summed E-state index contributed by atoms with van der Waals surface area (Å²) in [5, 5.41) is 14.3. The number of halogens is 1. The largest absolute Gasteiger partial charge is 0.507 e. The summed E-state index contributed by atoms with van der Waals surface area (Å²) in [4.78, 5) is 12.6. The topological polar surface area (TPSA) is 66.6 Å². The molecule has 0 aliphatic rings. The van der Waals surface area contributed by atoms with E-state index in [0.717, 1.165) is 28.2 Å². The summed E-state index contributed by atoms with van der Waals surface area (Å²) in [6.45, 7) is 0. The first-order valence-corrected chi connectivity index (χ1v) is 11.7. The Morgan fingerprint density at radius 1 is 0.778 bits per heavy atom. The summed E-state index contributed by atoms with van der Waals surface area (Å²) in [6, 6.07) is 36.6. The Kier molecular flexibility index (Phi) is 6.65. The van der Waals surface area contributed by atoms with Crippen LogP contribution in [0.3, 0.4) is 0 Å².